The molecule has 0 amide bonds. The molecule has 0 spiro atoms. The maximum absolute atomic E-state index is 11.0. The van der Waals surface area contributed by atoms with E-state index in [2.05, 4.69) is 0 Å². The Labute approximate surface area is 109 Å². The number of hydrogen-bond donors (Lipinski definition) is 0. The summed E-state index contributed by atoms with van der Waals surface area (Å²) < 4.78 is 32.5. The molecule has 0 saturated heterocycles. The molecular formula is C13H20O4S. The summed E-state index contributed by atoms with van der Waals surface area (Å²) in [7, 11) is -3.47. The fourth-order valence-corrected chi connectivity index (χ4v) is 2.03. The maximum Gasteiger partial charge on any atom is 0.306 e. The second-order valence-electron chi connectivity index (χ2n) is 5.23. The van der Waals surface area contributed by atoms with Gasteiger partial charge in [-0.05, 0) is 45.4 Å². The van der Waals surface area contributed by atoms with Gasteiger partial charge in [-0.1, -0.05) is 12.1 Å². The first-order chi connectivity index (χ1) is 8.07. The van der Waals surface area contributed by atoms with Crippen LogP contribution in [0.4, 0.5) is 0 Å². The highest BCUT2D eigenvalue weighted by atomic mass is 32.2. The van der Waals surface area contributed by atoms with E-state index in [0.717, 1.165) is 11.8 Å². The summed E-state index contributed by atoms with van der Waals surface area (Å²) in [5.74, 6) is 0.309. The van der Waals surface area contributed by atoms with E-state index in [4.69, 9.17) is 8.92 Å². The molecule has 0 aromatic heterocycles. The van der Waals surface area contributed by atoms with Gasteiger partial charge in [0, 0.05) is 0 Å². The number of benzene rings is 1. The molecule has 0 bridgehead atoms. The van der Waals surface area contributed by atoms with Crippen molar-refractivity contribution in [1.29, 1.82) is 0 Å². The van der Waals surface area contributed by atoms with Gasteiger partial charge in [0.2, 0.25) is 0 Å². The van der Waals surface area contributed by atoms with E-state index >= 15 is 0 Å². The van der Waals surface area contributed by atoms with Crippen LogP contribution in [0.15, 0.2) is 24.3 Å². The molecule has 0 N–H and O–H groups in total. The zero-order valence-corrected chi connectivity index (χ0v) is 12.2. The Balaban J connectivity index is 2.77. The average Bonchev–Trinajstić information content (AvgIpc) is 2.13. The molecule has 1 rings (SSSR count). The van der Waals surface area contributed by atoms with Crippen molar-refractivity contribution in [2.24, 2.45) is 0 Å². The van der Waals surface area contributed by atoms with Gasteiger partial charge in [0.1, 0.15) is 5.75 Å². The van der Waals surface area contributed by atoms with Crippen molar-refractivity contribution in [3.63, 3.8) is 0 Å². The van der Waals surface area contributed by atoms with Crippen LogP contribution in [-0.2, 0) is 14.9 Å². The van der Waals surface area contributed by atoms with Crippen molar-refractivity contribution in [3.8, 4) is 5.75 Å². The first-order valence-electron chi connectivity index (χ1n) is 5.74. The fourth-order valence-electron chi connectivity index (χ4n) is 1.57. The van der Waals surface area contributed by atoms with Gasteiger partial charge in [0.15, 0.2) is 0 Å². The number of rotatable bonds is 4. The van der Waals surface area contributed by atoms with Crippen LogP contribution in [0, 0.1) is 0 Å². The fraction of sp³-hybridized carbons (Fsp3) is 0.538. The maximum atomic E-state index is 11.0. The lowest BCUT2D eigenvalue weighted by Gasteiger charge is -2.25. The van der Waals surface area contributed by atoms with E-state index in [-0.39, 0.29) is 11.7 Å². The number of ether oxygens (including phenoxy) is 1. The summed E-state index contributed by atoms with van der Waals surface area (Å²) in [5, 5.41) is 0. The average molecular weight is 272 g/mol. The molecule has 102 valence electrons. The van der Waals surface area contributed by atoms with E-state index in [1.807, 2.05) is 27.7 Å². The van der Waals surface area contributed by atoms with Gasteiger partial charge >= 0.3 is 10.1 Å². The van der Waals surface area contributed by atoms with Crippen molar-refractivity contribution < 1.29 is 17.3 Å². The van der Waals surface area contributed by atoms with Gasteiger partial charge in [-0.15, -0.1) is 0 Å². The quantitative estimate of drug-likeness (QED) is 0.791. The van der Waals surface area contributed by atoms with E-state index in [1.54, 1.807) is 24.3 Å². The van der Waals surface area contributed by atoms with Crippen LogP contribution in [-0.4, -0.2) is 20.3 Å². The summed E-state index contributed by atoms with van der Waals surface area (Å²) in [4.78, 5) is 0. The van der Waals surface area contributed by atoms with Crippen molar-refractivity contribution in [1.82, 2.24) is 0 Å². The molecule has 1 aromatic carbocycles. The summed E-state index contributed by atoms with van der Waals surface area (Å²) in [5.41, 5.74) is 0.757. The highest BCUT2D eigenvalue weighted by molar-refractivity contribution is 7.86. The molecule has 5 heteroatoms. The first-order valence-corrected chi connectivity index (χ1v) is 7.56. The molecule has 0 fully saturated rings. The minimum absolute atomic E-state index is 0.0581. The minimum atomic E-state index is -3.47. The first kappa shape index (κ1) is 15.0. The van der Waals surface area contributed by atoms with Crippen LogP contribution in [0.2, 0.25) is 0 Å². The van der Waals surface area contributed by atoms with Gasteiger partial charge < -0.3 is 8.92 Å². The SMILES string of the molecule is CC(OC(C)(C)C)c1ccc(OS(C)(=O)=O)cc1. The van der Waals surface area contributed by atoms with Gasteiger partial charge in [0.25, 0.3) is 0 Å². The van der Waals surface area contributed by atoms with Gasteiger partial charge in [0.05, 0.1) is 18.0 Å². The van der Waals surface area contributed by atoms with Crippen LogP contribution in [0.3, 0.4) is 0 Å². The third-order valence-electron chi connectivity index (χ3n) is 2.13. The smallest absolute Gasteiger partial charge is 0.306 e. The summed E-state index contributed by atoms with van der Waals surface area (Å²) in [6.07, 6.45) is 0.962. The summed E-state index contributed by atoms with van der Waals surface area (Å²) in [6, 6.07) is 6.85. The van der Waals surface area contributed by atoms with Crippen LogP contribution in [0.5, 0.6) is 5.75 Å². The number of hydrogen-bond acceptors (Lipinski definition) is 4. The molecule has 1 unspecified atom stereocenters. The Morgan fingerprint density at radius 2 is 1.61 bits per heavy atom. The lowest BCUT2D eigenvalue weighted by molar-refractivity contribution is -0.0529. The van der Waals surface area contributed by atoms with Crippen LogP contribution >= 0.6 is 0 Å². The molecule has 1 aromatic rings. The monoisotopic (exact) mass is 272 g/mol. The third kappa shape index (κ3) is 5.51. The molecule has 18 heavy (non-hydrogen) atoms. The minimum Gasteiger partial charge on any atom is -0.383 e. The third-order valence-corrected chi connectivity index (χ3v) is 2.62. The zero-order chi connectivity index (χ0) is 14.0. The summed E-state index contributed by atoms with van der Waals surface area (Å²) >= 11 is 0. The Morgan fingerprint density at radius 1 is 1.11 bits per heavy atom. The van der Waals surface area contributed by atoms with Crippen LogP contribution in [0.1, 0.15) is 39.4 Å². The van der Waals surface area contributed by atoms with Crippen LogP contribution in [0.25, 0.3) is 0 Å². The predicted molar refractivity (Wildman–Crippen MR) is 71.2 cm³/mol. The molecule has 0 saturated carbocycles. The van der Waals surface area contributed by atoms with Crippen molar-refractivity contribution in [2.45, 2.75) is 39.4 Å². The van der Waals surface area contributed by atoms with E-state index in [0.29, 0.717) is 5.75 Å². The van der Waals surface area contributed by atoms with Gasteiger partial charge in [-0.25, -0.2) is 0 Å². The van der Waals surface area contributed by atoms with Crippen molar-refractivity contribution in [3.05, 3.63) is 29.8 Å². The molecule has 1 atom stereocenters. The second-order valence-corrected chi connectivity index (χ2v) is 6.80. The van der Waals surface area contributed by atoms with E-state index in [1.165, 1.54) is 0 Å². The molecule has 0 aliphatic carbocycles. The summed E-state index contributed by atoms with van der Waals surface area (Å²) in [6.45, 7) is 7.93. The predicted octanol–water partition coefficient (Wildman–Crippen LogP) is 2.90. The van der Waals surface area contributed by atoms with E-state index in [9.17, 15) is 8.42 Å². The van der Waals surface area contributed by atoms with E-state index < -0.39 is 10.1 Å². The normalized spacial score (nSPS) is 14.3. The van der Waals surface area contributed by atoms with Gasteiger partial charge in [-0.2, -0.15) is 8.42 Å². The highest BCUT2D eigenvalue weighted by Gasteiger charge is 2.16. The lowest BCUT2D eigenvalue weighted by atomic mass is 10.1. The van der Waals surface area contributed by atoms with Gasteiger partial charge in [-0.3, -0.25) is 0 Å². The Morgan fingerprint density at radius 3 is 2.00 bits per heavy atom. The molecular weight excluding hydrogens is 252 g/mol. The van der Waals surface area contributed by atoms with Crippen molar-refractivity contribution in [2.75, 3.05) is 6.26 Å². The Bertz CT molecular complexity index is 483. The molecule has 0 aliphatic heterocycles. The standard InChI is InChI=1S/C13H20O4S/c1-10(16-13(2,3)4)11-6-8-12(9-7-11)17-18(5,14)15/h6-10H,1-5H3. The molecule has 0 heterocycles. The molecule has 4 nitrogen and oxygen atoms in total. The molecule has 0 aliphatic rings. The Hall–Kier alpha value is -1.07. The topological polar surface area (TPSA) is 52.6 Å². The van der Waals surface area contributed by atoms with Crippen LogP contribution < -0.4 is 4.18 Å². The zero-order valence-electron chi connectivity index (χ0n) is 11.4. The Kier molecular flexibility index (Phi) is 4.40. The van der Waals surface area contributed by atoms with Crippen molar-refractivity contribution >= 4 is 10.1 Å². The molecule has 0 radical (unpaired) electrons. The largest absolute Gasteiger partial charge is 0.383 e. The second kappa shape index (κ2) is 5.28. The lowest BCUT2D eigenvalue weighted by Crippen LogP contribution is -2.21. The highest BCUT2D eigenvalue weighted by Crippen LogP contribution is 2.25.